The Kier molecular flexibility index (Phi) is 8.52. The van der Waals surface area contributed by atoms with Gasteiger partial charge < -0.3 is 20.4 Å². The summed E-state index contributed by atoms with van der Waals surface area (Å²) in [5.74, 6) is 0.434. The van der Waals surface area contributed by atoms with Crippen molar-refractivity contribution in [2.45, 2.75) is 51.0 Å². The van der Waals surface area contributed by atoms with Crippen molar-refractivity contribution in [3.63, 3.8) is 0 Å². The molecule has 1 aromatic rings. The molecule has 0 radical (unpaired) electrons. The minimum Gasteiger partial charge on any atom is -0.352 e. The highest BCUT2D eigenvalue weighted by atomic mass is 127. The first-order valence-corrected chi connectivity index (χ1v) is 10.5. The van der Waals surface area contributed by atoms with Gasteiger partial charge in [-0.05, 0) is 38.3 Å². The van der Waals surface area contributed by atoms with E-state index in [2.05, 4.69) is 38.7 Å². The normalized spacial score (nSPS) is 17.0. The van der Waals surface area contributed by atoms with Crippen molar-refractivity contribution in [2.75, 3.05) is 38.6 Å². The number of guanidine groups is 1. The van der Waals surface area contributed by atoms with E-state index in [1.807, 2.05) is 19.9 Å². The Morgan fingerprint density at radius 2 is 1.87 bits per heavy atom. The lowest BCUT2D eigenvalue weighted by Gasteiger charge is -2.27. The number of aliphatic imine (C=N–C) groups is 1. The van der Waals surface area contributed by atoms with Gasteiger partial charge in [-0.15, -0.1) is 24.0 Å². The van der Waals surface area contributed by atoms with Gasteiger partial charge in [0.1, 0.15) is 6.54 Å². The first-order chi connectivity index (χ1) is 13.8. The number of carbonyl (C=O) groups excluding carboxylic acids is 2. The van der Waals surface area contributed by atoms with Gasteiger partial charge in [-0.2, -0.15) is 0 Å². The van der Waals surface area contributed by atoms with Gasteiger partial charge in [0, 0.05) is 37.8 Å². The van der Waals surface area contributed by atoms with E-state index in [9.17, 15) is 9.59 Å². The highest BCUT2D eigenvalue weighted by Crippen LogP contribution is 2.50. The number of benzene rings is 1. The molecule has 1 aliphatic carbocycles. The zero-order chi connectivity index (χ0) is 21.0. The van der Waals surface area contributed by atoms with Crippen molar-refractivity contribution in [3.8, 4) is 0 Å². The molecule has 0 unspecified atom stereocenters. The van der Waals surface area contributed by atoms with Crippen LogP contribution in [0.15, 0.2) is 29.3 Å². The molecule has 2 N–H and O–H groups in total. The zero-order valence-electron chi connectivity index (χ0n) is 18.4. The fraction of sp³-hybridized carbons (Fsp3) is 0.591. The molecule has 7 nitrogen and oxygen atoms in total. The molecule has 0 atom stereocenters. The van der Waals surface area contributed by atoms with E-state index < -0.39 is 0 Å². The maximum atomic E-state index is 12.2. The molecule has 1 fully saturated rings. The Morgan fingerprint density at radius 3 is 2.50 bits per heavy atom. The summed E-state index contributed by atoms with van der Waals surface area (Å²) in [4.78, 5) is 32.6. The smallest absolute Gasteiger partial charge is 0.242 e. The summed E-state index contributed by atoms with van der Waals surface area (Å²) >= 11 is 0. The summed E-state index contributed by atoms with van der Waals surface area (Å²) in [5.41, 5.74) is 2.63. The van der Waals surface area contributed by atoms with Gasteiger partial charge in [-0.25, -0.2) is 4.99 Å². The molecule has 1 heterocycles. The summed E-state index contributed by atoms with van der Waals surface area (Å²) in [5, 5.41) is 6.08. The van der Waals surface area contributed by atoms with Gasteiger partial charge in [-0.1, -0.05) is 31.0 Å². The Morgan fingerprint density at radius 1 is 1.20 bits per heavy atom. The number of amides is 2. The van der Waals surface area contributed by atoms with Crippen LogP contribution in [0.1, 0.15) is 45.1 Å². The van der Waals surface area contributed by atoms with Crippen molar-refractivity contribution < 1.29 is 9.59 Å². The van der Waals surface area contributed by atoms with Gasteiger partial charge in [0.25, 0.3) is 0 Å². The molecule has 2 aliphatic rings. The van der Waals surface area contributed by atoms with Gasteiger partial charge in [0.2, 0.25) is 11.8 Å². The molecule has 1 saturated carbocycles. The van der Waals surface area contributed by atoms with Gasteiger partial charge in [-0.3, -0.25) is 9.59 Å². The quantitative estimate of drug-likeness (QED) is 0.351. The number of nitrogens with one attached hydrogen (secondary N) is 2. The maximum absolute atomic E-state index is 12.2. The number of hydrogen-bond acceptors (Lipinski definition) is 3. The maximum Gasteiger partial charge on any atom is 0.242 e. The topological polar surface area (TPSA) is 77.0 Å². The standard InChI is InChI=1S/C22H33N5O2.HI/c1-16(2)25-19(28)13-23-21(24-14-20(29)26(3)4)27-15-22(11-7-8-12-22)17-9-5-6-10-18(17)27;/h5-6,9-10,16H,7-8,11-15H2,1-4H3,(H,23,24)(H,25,28);1H. The minimum absolute atomic E-state index is 0. The van der Waals surface area contributed by atoms with E-state index in [4.69, 9.17) is 0 Å². The molecule has 1 spiro atoms. The van der Waals surface area contributed by atoms with E-state index in [0.717, 1.165) is 25.1 Å². The van der Waals surface area contributed by atoms with Gasteiger partial charge in [0.15, 0.2) is 5.96 Å². The third-order valence-electron chi connectivity index (χ3n) is 5.76. The average molecular weight is 527 g/mol. The van der Waals surface area contributed by atoms with Crippen molar-refractivity contribution in [1.29, 1.82) is 0 Å². The lowest BCUT2D eigenvalue weighted by Crippen LogP contribution is -2.47. The molecule has 8 heteroatoms. The zero-order valence-corrected chi connectivity index (χ0v) is 20.7. The second-order valence-corrected chi connectivity index (χ2v) is 8.59. The van der Waals surface area contributed by atoms with Crippen LogP contribution in [0, 0.1) is 0 Å². The van der Waals surface area contributed by atoms with E-state index in [1.165, 1.54) is 18.4 Å². The molecule has 3 rings (SSSR count). The van der Waals surface area contributed by atoms with Crippen LogP contribution in [0.25, 0.3) is 0 Å². The van der Waals surface area contributed by atoms with Crippen molar-refractivity contribution in [3.05, 3.63) is 29.8 Å². The van der Waals surface area contributed by atoms with Crippen LogP contribution in [0.2, 0.25) is 0 Å². The lowest BCUT2D eigenvalue weighted by molar-refractivity contribution is -0.127. The third-order valence-corrected chi connectivity index (χ3v) is 5.76. The van der Waals surface area contributed by atoms with Gasteiger partial charge >= 0.3 is 0 Å². The number of para-hydroxylation sites is 1. The van der Waals surface area contributed by atoms with Crippen LogP contribution >= 0.6 is 24.0 Å². The number of anilines is 1. The Bertz CT molecular complexity index is 787. The molecule has 0 saturated heterocycles. The van der Waals surface area contributed by atoms with Crippen molar-refractivity contribution in [1.82, 2.24) is 15.5 Å². The molecular weight excluding hydrogens is 493 g/mol. The molecular formula is C22H34IN5O2. The number of nitrogens with zero attached hydrogens (tertiary/aromatic N) is 3. The van der Waals surface area contributed by atoms with E-state index in [0.29, 0.717) is 5.96 Å². The number of halogens is 1. The van der Waals surface area contributed by atoms with Crippen LogP contribution in [-0.4, -0.2) is 62.4 Å². The predicted octanol–water partition coefficient (Wildman–Crippen LogP) is 2.49. The highest BCUT2D eigenvalue weighted by Gasteiger charge is 2.45. The molecule has 30 heavy (non-hydrogen) atoms. The molecule has 0 aromatic heterocycles. The van der Waals surface area contributed by atoms with Crippen molar-refractivity contribution >= 4 is 47.4 Å². The molecule has 0 bridgehead atoms. The van der Waals surface area contributed by atoms with E-state index in [1.54, 1.807) is 19.0 Å². The van der Waals surface area contributed by atoms with Gasteiger partial charge in [0.05, 0.1) is 6.54 Å². The number of fused-ring (bicyclic) bond motifs is 2. The molecule has 2 amide bonds. The Balaban J connectivity index is 0.00000320. The summed E-state index contributed by atoms with van der Waals surface area (Å²) in [6, 6.07) is 8.53. The number of likely N-dealkylation sites (N-methyl/N-ethyl adjacent to an activating group) is 1. The van der Waals surface area contributed by atoms with Crippen LogP contribution in [0.5, 0.6) is 0 Å². The molecule has 166 valence electrons. The predicted molar refractivity (Wildman–Crippen MR) is 132 cm³/mol. The number of hydrogen-bond donors (Lipinski definition) is 2. The molecule has 1 aliphatic heterocycles. The number of carbonyl (C=O) groups is 2. The van der Waals surface area contributed by atoms with Crippen LogP contribution in [-0.2, 0) is 15.0 Å². The first-order valence-electron chi connectivity index (χ1n) is 10.5. The fourth-order valence-corrected chi connectivity index (χ4v) is 4.36. The second-order valence-electron chi connectivity index (χ2n) is 8.59. The van der Waals surface area contributed by atoms with Crippen LogP contribution < -0.4 is 15.5 Å². The van der Waals surface area contributed by atoms with E-state index >= 15 is 0 Å². The lowest BCUT2D eigenvalue weighted by atomic mass is 9.81. The van der Waals surface area contributed by atoms with Crippen molar-refractivity contribution in [2.24, 2.45) is 4.99 Å². The second kappa shape index (κ2) is 10.5. The number of rotatable bonds is 5. The summed E-state index contributed by atoms with van der Waals surface area (Å²) < 4.78 is 0. The highest BCUT2D eigenvalue weighted by molar-refractivity contribution is 14.0. The van der Waals surface area contributed by atoms with Crippen LogP contribution in [0.3, 0.4) is 0 Å². The summed E-state index contributed by atoms with van der Waals surface area (Å²) in [6.45, 7) is 4.86. The molecule has 1 aromatic carbocycles. The summed E-state index contributed by atoms with van der Waals surface area (Å²) in [6.07, 6.45) is 4.80. The Hall–Kier alpha value is -1.84. The summed E-state index contributed by atoms with van der Waals surface area (Å²) in [7, 11) is 3.46. The largest absolute Gasteiger partial charge is 0.352 e. The Labute approximate surface area is 196 Å². The fourth-order valence-electron chi connectivity index (χ4n) is 4.36. The first kappa shape index (κ1) is 24.4. The SMILES string of the molecule is CC(C)NC(=O)CN=C(NCC(=O)N(C)C)N1CC2(CCCC2)c2ccccc21.I. The third kappa shape index (κ3) is 5.44. The minimum atomic E-state index is -0.124. The van der Waals surface area contributed by atoms with E-state index in [-0.39, 0.29) is 60.3 Å². The van der Waals surface area contributed by atoms with Crippen LogP contribution in [0.4, 0.5) is 5.69 Å². The monoisotopic (exact) mass is 527 g/mol. The average Bonchev–Trinajstić information content (AvgIpc) is 3.27.